The number of rotatable bonds is 4. The lowest BCUT2D eigenvalue weighted by Crippen LogP contribution is -2.25. The van der Waals surface area contributed by atoms with Crippen molar-refractivity contribution in [1.82, 2.24) is 4.90 Å². The molecular formula is C13H17NO. The molecule has 1 aromatic carbocycles. The smallest absolute Gasteiger partial charge is 0.0997 e. The van der Waals surface area contributed by atoms with E-state index in [1.54, 1.807) is 0 Å². The second-order valence-electron chi connectivity index (χ2n) is 3.82. The average Bonchev–Trinajstić information content (AvgIpc) is 2.75. The van der Waals surface area contributed by atoms with Crippen molar-refractivity contribution in [2.24, 2.45) is 0 Å². The van der Waals surface area contributed by atoms with Gasteiger partial charge < -0.3 is 4.74 Å². The van der Waals surface area contributed by atoms with Gasteiger partial charge in [0, 0.05) is 6.54 Å². The zero-order chi connectivity index (χ0) is 10.5. The van der Waals surface area contributed by atoms with Gasteiger partial charge in [-0.05, 0) is 12.0 Å². The largest absolute Gasteiger partial charge is 0.364 e. The summed E-state index contributed by atoms with van der Waals surface area (Å²) in [6, 6.07) is 11.0. The van der Waals surface area contributed by atoms with Crippen LogP contribution in [0.4, 0.5) is 0 Å². The molecule has 15 heavy (non-hydrogen) atoms. The van der Waals surface area contributed by atoms with Crippen molar-refractivity contribution in [2.75, 3.05) is 19.9 Å². The summed E-state index contributed by atoms with van der Waals surface area (Å²) in [5.74, 6) is 0. The van der Waals surface area contributed by atoms with Gasteiger partial charge in [0.25, 0.3) is 0 Å². The molecule has 1 unspecified atom stereocenters. The van der Waals surface area contributed by atoms with Crippen LogP contribution in [0.25, 0.3) is 0 Å². The fourth-order valence-electron chi connectivity index (χ4n) is 1.94. The molecule has 1 aliphatic rings. The molecule has 0 spiro atoms. The van der Waals surface area contributed by atoms with Gasteiger partial charge in [-0.25, -0.2) is 0 Å². The molecule has 1 heterocycles. The molecule has 0 amide bonds. The van der Waals surface area contributed by atoms with Gasteiger partial charge in [0.2, 0.25) is 0 Å². The molecule has 0 N–H and O–H groups in total. The number of ether oxygens (including phenoxy) is 1. The van der Waals surface area contributed by atoms with Crippen LogP contribution in [0.2, 0.25) is 0 Å². The predicted octanol–water partition coefficient (Wildman–Crippen LogP) is 2.59. The van der Waals surface area contributed by atoms with Crippen LogP contribution < -0.4 is 0 Å². The van der Waals surface area contributed by atoms with Crippen molar-refractivity contribution >= 4 is 0 Å². The highest BCUT2D eigenvalue weighted by Gasteiger charge is 2.25. The van der Waals surface area contributed by atoms with Crippen LogP contribution in [0.5, 0.6) is 0 Å². The standard InChI is InChI=1S/C13H17NO/c1-2-3-9-14-11-15-10-13(14)12-7-5-4-6-8-12/h2,4-8,13H,1,3,9-11H2. The van der Waals surface area contributed by atoms with Gasteiger partial charge >= 0.3 is 0 Å². The summed E-state index contributed by atoms with van der Waals surface area (Å²) in [4.78, 5) is 2.36. The summed E-state index contributed by atoms with van der Waals surface area (Å²) in [7, 11) is 0. The van der Waals surface area contributed by atoms with Crippen LogP contribution in [0, 0.1) is 0 Å². The highest BCUT2D eigenvalue weighted by Crippen LogP contribution is 2.25. The molecular weight excluding hydrogens is 186 g/mol. The van der Waals surface area contributed by atoms with Crippen molar-refractivity contribution in [3.05, 3.63) is 48.6 Å². The minimum atomic E-state index is 0.422. The Hall–Kier alpha value is -1.12. The van der Waals surface area contributed by atoms with Crippen LogP contribution in [-0.2, 0) is 4.74 Å². The monoisotopic (exact) mass is 203 g/mol. The van der Waals surface area contributed by atoms with E-state index in [4.69, 9.17) is 4.74 Å². The van der Waals surface area contributed by atoms with Crippen molar-refractivity contribution in [2.45, 2.75) is 12.5 Å². The Labute approximate surface area is 91.2 Å². The number of hydrogen-bond acceptors (Lipinski definition) is 2. The van der Waals surface area contributed by atoms with Gasteiger partial charge in [0.1, 0.15) is 0 Å². The molecule has 0 bridgehead atoms. The minimum absolute atomic E-state index is 0.422. The van der Waals surface area contributed by atoms with E-state index in [9.17, 15) is 0 Å². The summed E-state index contributed by atoms with van der Waals surface area (Å²) in [6.07, 6.45) is 2.98. The fourth-order valence-corrected chi connectivity index (χ4v) is 1.94. The van der Waals surface area contributed by atoms with E-state index >= 15 is 0 Å². The minimum Gasteiger partial charge on any atom is -0.364 e. The zero-order valence-corrected chi connectivity index (χ0v) is 8.93. The molecule has 0 radical (unpaired) electrons. The molecule has 2 heteroatoms. The fraction of sp³-hybridized carbons (Fsp3) is 0.385. The Kier molecular flexibility index (Phi) is 3.54. The highest BCUT2D eigenvalue weighted by molar-refractivity contribution is 5.19. The summed E-state index contributed by atoms with van der Waals surface area (Å²) in [5, 5.41) is 0. The SMILES string of the molecule is C=CCCN1COCC1c1ccccc1. The Morgan fingerprint density at radius 3 is 2.93 bits per heavy atom. The van der Waals surface area contributed by atoms with Gasteiger partial charge in [-0.3, -0.25) is 4.90 Å². The van der Waals surface area contributed by atoms with Crippen molar-refractivity contribution in [1.29, 1.82) is 0 Å². The van der Waals surface area contributed by atoms with Gasteiger partial charge in [-0.1, -0.05) is 36.4 Å². The summed E-state index contributed by atoms with van der Waals surface area (Å²) in [6.45, 7) is 6.33. The molecule has 80 valence electrons. The first-order chi connectivity index (χ1) is 7.42. The first-order valence-corrected chi connectivity index (χ1v) is 5.39. The third-order valence-electron chi connectivity index (χ3n) is 2.78. The number of benzene rings is 1. The first-order valence-electron chi connectivity index (χ1n) is 5.39. The van der Waals surface area contributed by atoms with E-state index in [0.29, 0.717) is 6.04 Å². The molecule has 0 aromatic heterocycles. The second-order valence-corrected chi connectivity index (χ2v) is 3.82. The Balaban J connectivity index is 2.04. The van der Waals surface area contributed by atoms with E-state index in [-0.39, 0.29) is 0 Å². The maximum Gasteiger partial charge on any atom is 0.0997 e. The van der Waals surface area contributed by atoms with Crippen LogP contribution in [0.3, 0.4) is 0 Å². The van der Waals surface area contributed by atoms with E-state index < -0.39 is 0 Å². The number of nitrogens with zero attached hydrogens (tertiary/aromatic N) is 1. The van der Waals surface area contributed by atoms with Crippen LogP contribution in [-0.4, -0.2) is 24.8 Å². The molecule has 1 saturated heterocycles. The van der Waals surface area contributed by atoms with Gasteiger partial charge in [0.05, 0.1) is 19.4 Å². The topological polar surface area (TPSA) is 12.5 Å². The third kappa shape index (κ3) is 2.46. The van der Waals surface area contributed by atoms with E-state index in [0.717, 1.165) is 26.3 Å². The molecule has 0 aliphatic carbocycles. The summed E-state index contributed by atoms with van der Waals surface area (Å²) >= 11 is 0. The Morgan fingerprint density at radius 1 is 1.40 bits per heavy atom. The van der Waals surface area contributed by atoms with Crippen LogP contribution in [0.15, 0.2) is 43.0 Å². The molecule has 1 fully saturated rings. The summed E-state index contributed by atoms with van der Waals surface area (Å²) < 4.78 is 5.51. The second kappa shape index (κ2) is 5.10. The van der Waals surface area contributed by atoms with Crippen molar-refractivity contribution in [3.8, 4) is 0 Å². The van der Waals surface area contributed by atoms with Crippen LogP contribution in [0.1, 0.15) is 18.0 Å². The van der Waals surface area contributed by atoms with Gasteiger partial charge in [-0.2, -0.15) is 0 Å². The molecule has 1 aromatic rings. The molecule has 1 aliphatic heterocycles. The predicted molar refractivity (Wildman–Crippen MR) is 61.5 cm³/mol. The molecule has 1 atom stereocenters. The average molecular weight is 203 g/mol. The van der Waals surface area contributed by atoms with E-state index in [1.165, 1.54) is 5.56 Å². The lowest BCUT2D eigenvalue weighted by molar-refractivity contribution is 0.139. The van der Waals surface area contributed by atoms with Gasteiger partial charge in [-0.15, -0.1) is 6.58 Å². The lowest BCUT2D eigenvalue weighted by Gasteiger charge is -2.21. The number of hydrogen-bond donors (Lipinski definition) is 0. The maximum atomic E-state index is 5.51. The normalized spacial score (nSPS) is 21.7. The third-order valence-corrected chi connectivity index (χ3v) is 2.78. The van der Waals surface area contributed by atoms with Crippen molar-refractivity contribution < 1.29 is 4.74 Å². The highest BCUT2D eigenvalue weighted by atomic mass is 16.5. The Morgan fingerprint density at radius 2 is 2.20 bits per heavy atom. The quantitative estimate of drug-likeness (QED) is 0.697. The molecule has 2 rings (SSSR count). The zero-order valence-electron chi connectivity index (χ0n) is 8.93. The van der Waals surface area contributed by atoms with Gasteiger partial charge in [0.15, 0.2) is 0 Å². The molecule has 0 saturated carbocycles. The van der Waals surface area contributed by atoms with E-state index in [1.807, 2.05) is 12.1 Å². The maximum absolute atomic E-state index is 5.51. The molecule has 2 nitrogen and oxygen atoms in total. The Bertz CT molecular complexity index is 310. The van der Waals surface area contributed by atoms with Crippen LogP contribution >= 0.6 is 0 Å². The van der Waals surface area contributed by atoms with E-state index in [2.05, 4.69) is 35.7 Å². The summed E-state index contributed by atoms with van der Waals surface area (Å²) in [5.41, 5.74) is 1.35. The van der Waals surface area contributed by atoms with Crippen molar-refractivity contribution in [3.63, 3.8) is 0 Å². The first kappa shape index (κ1) is 10.4. The lowest BCUT2D eigenvalue weighted by atomic mass is 10.1.